The third-order valence-corrected chi connectivity index (χ3v) is 6.48. The highest BCUT2D eigenvalue weighted by Crippen LogP contribution is 2.42. The van der Waals surface area contributed by atoms with E-state index >= 15 is 0 Å². The van der Waals surface area contributed by atoms with Crippen molar-refractivity contribution in [3.05, 3.63) is 90.1 Å². The molecular weight excluding hydrogens is 428 g/mol. The number of aryl methyl sites for hydroxylation is 1. The number of fused-ring (bicyclic) bond motifs is 3. The molecule has 0 aliphatic heterocycles. The highest BCUT2D eigenvalue weighted by atomic mass is 32.1. The maximum atomic E-state index is 9.87. The van der Waals surface area contributed by atoms with Crippen LogP contribution in [0.2, 0.25) is 0 Å². The molecule has 0 saturated carbocycles. The van der Waals surface area contributed by atoms with Crippen LogP contribution in [0.25, 0.3) is 54.3 Å². The molecule has 0 radical (unpaired) electrons. The fourth-order valence-corrected chi connectivity index (χ4v) is 4.85. The van der Waals surface area contributed by atoms with Gasteiger partial charge in [-0.3, -0.25) is 4.98 Å². The topological polar surface area (TPSA) is 75.6 Å². The quantitative estimate of drug-likeness (QED) is 0.291. The summed E-state index contributed by atoms with van der Waals surface area (Å²) >= 11 is 1.40. The van der Waals surface area contributed by atoms with Crippen molar-refractivity contribution >= 4 is 33.3 Å². The zero-order valence-corrected chi connectivity index (χ0v) is 17.9. The summed E-state index contributed by atoms with van der Waals surface area (Å²) in [4.78, 5) is 4.39. The van der Waals surface area contributed by atoms with Crippen LogP contribution in [0.1, 0.15) is 15.2 Å². The molecule has 0 saturated heterocycles. The Hall–Kier alpha value is -4.34. The Morgan fingerprint density at radius 3 is 2.52 bits per heavy atom. The first-order valence-electron chi connectivity index (χ1n) is 11.7. The number of para-hydroxylation sites is 1. The number of furan rings is 1. The highest BCUT2D eigenvalue weighted by molar-refractivity contribution is 7.18. The van der Waals surface area contributed by atoms with E-state index in [0.29, 0.717) is 33.0 Å². The molecule has 33 heavy (non-hydrogen) atoms. The molecule has 0 fully saturated rings. The lowest BCUT2D eigenvalue weighted by molar-refractivity contribution is 0.670. The summed E-state index contributed by atoms with van der Waals surface area (Å²) in [5, 5.41) is 21.7. The SMILES string of the molecule is [2H]C([2H])([2H])c1ccc(-c2cccc3c2oc2c(-c4nnc(-c5ccccc5)s4)c(C#N)ccc23)nc1. The fraction of sp³-hybridized carbons (Fsp3) is 0.0370. The normalized spacial score (nSPS) is 12.9. The predicted molar refractivity (Wildman–Crippen MR) is 131 cm³/mol. The van der Waals surface area contributed by atoms with Crippen LogP contribution in [0.4, 0.5) is 0 Å². The van der Waals surface area contributed by atoms with Crippen molar-refractivity contribution in [1.82, 2.24) is 15.2 Å². The van der Waals surface area contributed by atoms with Gasteiger partial charge in [0.15, 0.2) is 5.01 Å². The number of benzene rings is 3. The van der Waals surface area contributed by atoms with Crippen molar-refractivity contribution in [3.63, 3.8) is 0 Å². The van der Waals surface area contributed by atoms with Gasteiger partial charge in [-0.1, -0.05) is 59.9 Å². The zero-order chi connectivity index (χ0) is 24.9. The van der Waals surface area contributed by atoms with E-state index in [4.69, 9.17) is 8.53 Å². The summed E-state index contributed by atoms with van der Waals surface area (Å²) in [6.07, 6.45) is 1.37. The van der Waals surface area contributed by atoms with Crippen LogP contribution < -0.4 is 0 Å². The number of pyridine rings is 1. The summed E-state index contributed by atoms with van der Waals surface area (Å²) in [5.74, 6) is 0. The van der Waals surface area contributed by atoms with Crippen molar-refractivity contribution in [2.24, 2.45) is 0 Å². The Labute approximate surface area is 197 Å². The third-order valence-electron chi connectivity index (χ3n) is 5.49. The van der Waals surface area contributed by atoms with Gasteiger partial charge in [-0.15, -0.1) is 10.2 Å². The average Bonchev–Trinajstić information content (AvgIpc) is 3.53. The van der Waals surface area contributed by atoms with Crippen molar-refractivity contribution in [2.45, 2.75) is 6.85 Å². The molecule has 3 aromatic heterocycles. The molecule has 0 amide bonds. The molecule has 0 N–H and O–H groups in total. The molecule has 0 unspecified atom stereocenters. The first-order valence-corrected chi connectivity index (χ1v) is 11.0. The fourth-order valence-electron chi connectivity index (χ4n) is 3.94. The van der Waals surface area contributed by atoms with Gasteiger partial charge in [0.2, 0.25) is 0 Å². The number of nitrogens with zero attached hydrogens (tertiary/aromatic N) is 4. The maximum absolute atomic E-state index is 9.87. The smallest absolute Gasteiger partial charge is 0.153 e. The van der Waals surface area contributed by atoms with Crippen LogP contribution in [0.3, 0.4) is 0 Å². The minimum atomic E-state index is -2.22. The second kappa shape index (κ2) is 7.66. The van der Waals surface area contributed by atoms with E-state index in [0.717, 1.165) is 26.9 Å². The number of aromatic nitrogens is 3. The van der Waals surface area contributed by atoms with E-state index in [2.05, 4.69) is 21.3 Å². The summed E-state index contributed by atoms with van der Waals surface area (Å²) in [5.41, 5.74) is 4.64. The molecule has 3 aromatic carbocycles. The number of nitriles is 1. The summed E-state index contributed by atoms with van der Waals surface area (Å²) in [6, 6.07) is 24.6. The molecule has 6 aromatic rings. The Bertz CT molecular complexity index is 1780. The minimum absolute atomic E-state index is 0.175. The number of hydrogen-bond donors (Lipinski definition) is 0. The average molecular weight is 448 g/mol. The zero-order valence-electron chi connectivity index (χ0n) is 20.1. The lowest BCUT2D eigenvalue weighted by Gasteiger charge is -2.02. The Morgan fingerprint density at radius 2 is 1.73 bits per heavy atom. The molecular formula is C27H16N4OS. The van der Waals surface area contributed by atoms with Crippen LogP contribution in [0.15, 0.2) is 83.4 Å². The standard InChI is InChI=1S/C27H16N4OS/c1-16-10-13-22(29-15-16)21-9-5-8-19-20-12-11-18(14-28)23(25(20)32-24(19)21)27-31-30-26(33-27)17-6-3-2-4-7-17/h2-13,15H,1H3/i1D3. The Kier molecular flexibility index (Phi) is 3.79. The largest absolute Gasteiger partial charge is 0.455 e. The van der Waals surface area contributed by atoms with Gasteiger partial charge in [0.25, 0.3) is 0 Å². The van der Waals surface area contributed by atoms with Gasteiger partial charge in [0.1, 0.15) is 22.2 Å². The maximum Gasteiger partial charge on any atom is 0.153 e. The van der Waals surface area contributed by atoms with E-state index in [-0.39, 0.29) is 5.56 Å². The molecule has 0 bridgehead atoms. The molecule has 0 aliphatic rings. The van der Waals surface area contributed by atoms with E-state index in [1.807, 2.05) is 54.6 Å². The van der Waals surface area contributed by atoms with E-state index in [1.165, 1.54) is 17.5 Å². The Balaban J connectivity index is 1.55. The van der Waals surface area contributed by atoms with Gasteiger partial charge in [-0.05, 0) is 36.7 Å². The molecule has 0 spiro atoms. The minimum Gasteiger partial charge on any atom is -0.455 e. The van der Waals surface area contributed by atoms with Gasteiger partial charge >= 0.3 is 0 Å². The molecule has 0 aliphatic carbocycles. The van der Waals surface area contributed by atoms with Crippen LogP contribution in [0.5, 0.6) is 0 Å². The van der Waals surface area contributed by atoms with Gasteiger partial charge in [-0.2, -0.15) is 5.26 Å². The van der Waals surface area contributed by atoms with Crippen LogP contribution in [-0.4, -0.2) is 15.2 Å². The highest BCUT2D eigenvalue weighted by Gasteiger charge is 2.21. The summed E-state index contributed by atoms with van der Waals surface area (Å²) in [6.45, 7) is -2.22. The van der Waals surface area contributed by atoms with Gasteiger partial charge < -0.3 is 4.42 Å². The van der Waals surface area contributed by atoms with Crippen molar-refractivity contribution in [1.29, 1.82) is 5.26 Å². The first kappa shape index (κ1) is 16.3. The molecule has 156 valence electrons. The van der Waals surface area contributed by atoms with E-state index in [9.17, 15) is 5.26 Å². The van der Waals surface area contributed by atoms with Crippen LogP contribution in [0, 0.1) is 18.2 Å². The molecule has 6 rings (SSSR count). The van der Waals surface area contributed by atoms with Crippen molar-refractivity contribution in [2.75, 3.05) is 0 Å². The lowest BCUT2D eigenvalue weighted by atomic mass is 10.0. The monoisotopic (exact) mass is 447 g/mol. The second-order valence-corrected chi connectivity index (χ2v) is 8.45. The third kappa shape index (κ3) is 3.18. The van der Waals surface area contributed by atoms with Gasteiger partial charge in [0, 0.05) is 32.2 Å². The van der Waals surface area contributed by atoms with Crippen molar-refractivity contribution in [3.8, 4) is 38.5 Å². The number of rotatable bonds is 3. The van der Waals surface area contributed by atoms with Crippen LogP contribution >= 0.6 is 11.3 Å². The lowest BCUT2D eigenvalue weighted by Crippen LogP contribution is -1.85. The number of hydrogen-bond acceptors (Lipinski definition) is 6. The van der Waals surface area contributed by atoms with Gasteiger partial charge in [-0.25, -0.2) is 0 Å². The first-order chi connectivity index (χ1) is 17.4. The molecule has 6 heteroatoms. The molecule has 0 atom stereocenters. The van der Waals surface area contributed by atoms with Gasteiger partial charge in [0.05, 0.1) is 16.8 Å². The molecule has 3 heterocycles. The van der Waals surface area contributed by atoms with Crippen LogP contribution in [-0.2, 0) is 0 Å². The van der Waals surface area contributed by atoms with E-state index < -0.39 is 6.85 Å². The molecule has 5 nitrogen and oxygen atoms in total. The van der Waals surface area contributed by atoms with E-state index in [1.54, 1.807) is 18.2 Å². The second-order valence-electron chi connectivity index (χ2n) is 7.47. The summed E-state index contributed by atoms with van der Waals surface area (Å²) in [7, 11) is 0. The van der Waals surface area contributed by atoms with Crippen molar-refractivity contribution < 1.29 is 8.53 Å². The predicted octanol–water partition coefficient (Wildman–Crippen LogP) is 7.01. The summed E-state index contributed by atoms with van der Waals surface area (Å²) < 4.78 is 29.2. The Morgan fingerprint density at radius 1 is 0.879 bits per heavy atom.